The number of amides is 1. The van der Waals surface area contributed by atoms with Crippen LogP contribution < -0.4 is 0 Å². The predicted octanol–water partition coefficient (Wildman–Crippen LogP) is 3.06. The van der Waals surface area contributed by atoms with Crippen LogP contribution in [0.25, 0.3) is 0 Å². The van der Waals surface area contributed by atoms with Crippen LogP contribution in [0.5, 0.6) is 0 Å². The van der Waals surface area contributed by atoms with E-state index < -0.39 is 0 Å². The van der Waals surface area contributed by atoms with Crippen LogP contribution in [0.15, 0.2) is 36.7 Å². The third-order valence-electron chi connectivity index (χ3n) is 6.05. The summed E-state index contributed by atoms with van der Waals surface area (Å²) in [4.78, 5) is 22.1. The molecule has 144 valence electrons. The molecule has 1 aromatic heterocycles. The molecule has 0 radical (unpaired) electrons. The number of carbonyl (C=O) groups is 1. The maximum atomic E-state index is 13.3. The van der Waals surface area contributed by atoms with E-state index in [4.69, 9.17) is 0 Å². The summed E-state index contributed by atoms with van der Waals surface area (Å²) in [5.41, 5.74) is 0.726. The number of rotatable bonds is 5. The van der Waals surface area contributed by atoms with Crippen molar-refractivity contribution in [2.45, 2.75) is 45.8 Å². The van der Waals surface area contributed by atoms with Crippen molar-refractivity contribution < 1.29 is 9.18 Å². The van der Waals surface area contributed by atoms with Crippen LogP contribution >= 0.6 is 0 Å². The molecule has 0 N–H and O–H groups in total. The van der Waals surface area contributed by atoms with Crippen molar-refractivity contribution in [2.75, 3.05) is 19.6 Å². The Balaban J connectivity index is 1.43. The van der Waals surface area contributed by atoms with Crippen molar-refractivity contribution >= 4 is 5.91 Å². The zero-order valence-corrected chi connectivity index (χ0v) is 15.9. The van der Waals surface area contributed by atoms with Gasteiger partial charge in [-0.1, -0.05) is 12.1 Å². The largest absolute Gasteiger partial charge is 0.338 e. The monoisotopic (exact) mass is 370 g/mol. The first-order valence-corrected chi connectivity index (χ1v) is 9.86. The van der Waals surface area contributed by atoms with Gasteiger partial charge in [0.05, 0.1) is 12.0 Å². The Bertz CT molecular complexity index is 803. The fourth-order valence-corrected chi connectivity index (χ4v) is 4.56. The summed E-state index contributed by atoms with van der Waals surface area (Å²) in [6.45, 7) is 6.94. The highest BCUT2D eigenvalue weighted by molar-refractivity contribution is 5.84. The second kappa shape index (κ2) is 7.43. The van der Waals surface area contributed by atoms with Crippen LogP contribution in [-0.4, -0.2) is 44.9 Å². The lowest BCUT2D eigenvalue weighted by Crippen LogP contribution is -2.49. The molecular formula is C21H27FN4O. The fraction of sp³-hybridized carbons (Fsp3) is 0.524. The molecule has 0 bridgehead atoms. The predicted molar refractivity (Wildman–Crippen MR) is 101 cm³/mol. The molecule has 2 aromatic rings. The normalized spacial score (nSPS) is 23.5. The number of halogens is 1. The molecule has 3 heterocycles. The van der Waals surface area contributed by atoms with Crippen LogP contribution in [0, 0.1) is 11.2 Å². The zero-order valence-electron chi connectivity index (χ0n) is 15.9. The minimum atomic E-state index is -0.262. The van der Waals surface area contributed by atoms with Gasteiger partial charge in [-0.2, -0.15) is 0 Å². The van der Waals surface area contributed by atoms with Gasteiger partial charge in [0.15, 0.2) is 0 Å². The number of hydrogen-bond donors (Lipinski definition) is 0. The Labute approximate surface area is 159 Å². The summed E-state index contributed by atoms with van der Waals surface area (Å²) in [7, 11) is 0. The number of nitrogens with zero attached hydrogens (tertiary/aromatic N) is 4. The highest BCUT2D eigenvalue weighted by atomic mass is 19.1. The molecule has 1 atom stereocenters. The maximum Gasteiger partial charge on any atom is 0.230 e. The molecule has 1 amide bonds. The van der Waals surface area contributed by atoms with Gasteiger partial charge in [-0.05, 0) is 50.4 Å². The first-order chi connectivity index (χ1) is 13.1. The number of aromatic nitrogens is 2. The second-order valence-electron chi connectivity index (χ2n) is 7.83. The van der Waals surface area contributed by atoms with Crippen molar-refractivity contribution in [1.82, 2.24) is 19.4 Å². The SMILES string of the molecule is CCn1ccnc1CN1CC[C@]2(CCCN(Cc3ccc(F)cc3)C2=O)C1. The average Bonchev–Trinajstić information content (AvgIpc) is 3.29. The Morgan fingerprint density at radius 2 is 1.96 bits per heavy atom. The maximum absolute atomic E-state index is 13.3. The molecule has 27 heavy (non-hydrogen) atoms. The van der Waals surface area contributed by atoms with Gasteiger partial charge in [-0.3, -0.25) is 9.69 Å². The van der Waals surface area contributed by atoms with Gasteiger partial charge in [0.25, 0.3) is 0 Å². The molecular weight excluding hydrogens is 343 g/mol. The summed E-state index contributed by atoms with van der Waals surface area (Å²) in [6, 6.07) is 6.48. The number of hydrogen-bond acceptors (Lipinski definition) is 3. The number of likely N-dealkylation sites (tertiary alicyclic amines) is 2. The lowest BCUT2D eigenvalue weighted by molar-refractivity contribution is -0.146. The molecule has 2 aliphatic rings. The van der Waals surface area contributed by atoms with Crippen molar-refractivity contribution in [3.8, 4) is 0 Å². The van der Waals surface area contributed by atoms with E-state index in [1.54, 1.807) is 12.1 Å². The van der Waals surface area contributed by atoms with Gasteiger partial charge in [0.2, 0.25) is 5.91 Å². The topological polar surface area (TPSA) is 41.4 Å². The summed E-state index contributed by atoms with van der Waals surface area (Å²) in [5.74, 6) is 1.09. The number of piperidine rings is 1. The van der Waals surface area contributed by atoms with Gasteiger partial charge in [0.1, 0.15) is 11.6 Å². The summed E-state index contributed by atoms with van der Waals surface area (Å²) in [6.07, 6.45) is 6.77. The Kier molecular flexibility index (Phi) is 5.00. The Morgan fingerprint density at radius 3 is 2.74 bits per heavy atom. The van der Waals surface area contributed by atoms with E-state index >= 15 is 0 Å². The molecule has 0 aliphatic carbocycles. The third-order valence-corrected chi connectivity index (χ3v) is 6.05. The van der Waals surface area contributed by atoms with Gasteiger partial charge < -0.3 is 9.47 Å². The summed E-state index contributed by atoms with van der Waals surface area (Å²) >= 11 is 0. The van der Waals surface area contributed by atoms with Crippen molar-refractivity contribution in [2.24, 2.45) is 5.41 Å². The second-order valence-corrected chi connectivity index (χ2v) is 7.83. The van der Waals surface area contributed by atoms with Gasteiger partial charge in [0, 0.05) is 38.6 Å². The Hall–Kier alpha value is -2.21. The van der Waals surface area contributed by atoms with E-state index in [2.05, 4.69) is 21.4 Å². The van der Waals surface area contributed by atoms with Crippen LogP contribution in [0.2, 0.25) is 0 Å². The molecule has 2 saturated heterocycles. The molecule has 4 rings (SSSR count). The first kappa shape index (κ1) is 18.2. The minimum absolute atomic E-state index is 0.239. The van der Waals surface area contributed by atoms with E-state index in [1.165, 1.54) is 12.1 Å². The summed E-state index contributed by atoms with van der Waals surface area (Å²) in [5, 5.41) is 0. The first-order valence-electron chi connectivity index (χ1n) is 9.86. The van der Waals surface area contributed by atoms with Gasteiger partial charge >= 0.3 is 0 Å². The highest BCUT2D eigenvalue weighted by Crippen LogP contribution is 2.40. The molecule has 1 aromatic carbocycles. The molecule has 2 fully saturated rings. The minimum Gasteiger partial charge on any atom is -0.338 e. The van der Waals surface area contributed by atoms with E-state index in [0.717, 1.165) is 63.4 Å². The van der Waals surface area contributed by atoms with Gasteiger partial charge in [-0.25, -0.2) is 9.37 Å². The van der Waals surface area contributed by atoms with Crippen LogP contribution in [-0.2, 0) is 24.4 Å². The average molecular weight is 370 g/mol. The number of aryl methyl sites for hydroxylation is 1. The molecule has 2 aliphatic heterocycles. The van der Waals surface area contributed by atoms with E-state index in [-0.39, 0.29) is 17.1 Å². The molecule has 0 saturated carbocycles. The molecule has 0 unspecified atom stereocenters. The van der Waals surface area contributed by atoms with Crippen LogP contribution in [0.1, 0.15) is 37.6 Å². The number of carbonyl (C=O) groups excluding carboxylic acids is 1. The van der Waals surface area contributed by atoms with E-state index in [1.807, 2.05) is 17.3 Å². The van der Waals surface area contributed by atoms with Crippen molar-refractivity contribution in [3.63, 3.8) is 0 Å². The van der Waals surface area contributed by atoms with E-state index in [9.17, 15) is 9.18 Å². The standard InChI is InChI=1S/C21H27FN4O/c1-2-25-13-10-23-19(25)15-24-12-9-21(16-24)8-3-11-26(20(21)27)14-17-4-6-18(22)7-5-17/h4-7,10,13H,2-3,8-9,11-12,14-16H2,1H3/t21-/m1/s1. The molecule has 5 nitrogen and oxygen atoms in total. The van der Waals surface area contributed by atoms with Crippen LogP contribution in [0.4, 0.5) is 4.39 Å². The van der Waals surface area contributed by atoms with Crippen molar-refractivity contribution in [1.29, 1.82) is 0 Å². The quantitative estimate of drug-likeness (QED) is 0.812. The number of imidazole rings is 1. The van der Waals surface area contributed by atoms with Crippen molar-refractivity contribution in [3.05, 3.63) is 53.9 Å². The lowest BCUT2D eigenvalue weighted by Gasteiger charge is -2.39. The third kappa shape index (κ3) is 3.63. The zero-order chi connectivity index (χ0) is 18.9. The van der Waals surface area contributed by atoms with Gasteiger partial charge in [-0.15, -0.1) is 0 Å². The summed E-state index contributed by atoms with van der Waals surface area (Å²) < 4.78 is 15.3. The highest BCUT2D eigenvalue weighted by Gasteiger charge is 2.48. The van der Waals surface area contributed by atoms with E-state index in [0.29, 0.717) is 6.54 Å². The fourth-order valence-electron chi connectivity index (χ4n) is 4.56. The molecule has 1 spiro atoms. The Morgan fingerprint density at radius 1 is 1.15 bits per heavy atom. The smallest absolute Gasteiger partial charge is 0.230 e. The molecule has 6 heteroatoms. The van der Waals surface area contributed by atoms with Crippen LogP contribution in [0.3, 0.4) is 0 Å². The number of benzene rings is 1. The lowest BCUT2D eigenvalue weighted by atomic mass is 9.78.